The third-order valence-electron chi connectivity index (χ3n) is 5.62. The molecule has 4 rings (SSSR count). The number of hydrogen-bond acceptors (Lipinski definition) is 4. The molecule has 1 N–H and O–H groups in total. The summed E-state index contributed by atoms with van der Waals surface area (Å²) in [6, 6.07) is 12.4. The van der Waals surface area contributed by atoms with E-state index < -0.39 is 0 Å². The molecule has 0 aliphatic carbocycles. The predicted octanol–water partition coefficient (Wildman–Crippen LogP) is 3.80. The molecule has 2 heterocycles. The van der Waals surface area contributed by atoms with Gasteiger partial charge in [0.05, 0.1) is 13.7 Å². The van der Waals surface area contributed by atoms with Crippen LogP contribution in [0.3, 0.4) is 0 Å². The summed E-state index contributed by atoms with van der Waals surface area (Å²) in [5.74, 6) is 1.87. The smallest absolute Gasteiger partial charge is 0.224 e. The number of anilines is 1. The fourth-order valence-electron chi connectivity index (χ4n) is 3.97. The third-order valence-corrected chi connectivity index (χ3v) is 5.62. The van der Waals surface area contributed by atoms with Crippen molar-refractivity contribution < 1.29 is 14.3 Å². The summed E-state index contributed by atoms with van der Waals surface area (Å²) in [5, 5.41) is 2.93. The average Bonchev–Trinajstić information content (AvgIpc) is 2.72. The van der Waals surface area contributed by atoms with E-state index in [9.17, 15) is 4.79 Å². The van der Waals surface area contributed by atoms with Crippen LogP contribution in [0.15, 0.2) is 36.4 Å². The highest BCUT2D eigenvalue weighted by Gasteiger charge is 2.17. The zero-order chi connectivity index (χ0) is 19.3. The van der Waals surface area contributed by atoms with E-state index in [2.05, 4.69) is 34.5 Å². The van der Waals surface area contributed by atoms with Crippen molar-refractivity contribution in [3.63, 3.8) is 0 Å². The highest BCUT2D eigenvalue weighted by molar-refractivity contribution is 5.94. The zero-order valence-corrected chi connectivity index (χ0v) is 16.5. The molecule has 0 bridgehead atoms. The number of ether oxygens (including phenoxy) is 2. The van der Waals surface area contributed by atoms with E-state index >= 15 is 0 Å². The number of aryl methyl sites for hydroxylation is 1. The summed E-state index contributed by atoms with van der Waals surface area (Å²) in [6.45, 7) is 3.92. The van der Waals surface area contributed by atoms with Crippen LogP contribution in [-0.2, 0) is 24.2 Å². The highest BCUT2D eigenvalue weighted by atomic mass is 16.5. The molecular formula is C23H28N2O3. The molecule has 0 atom stereocenters. The maximum atomic E-state index is 11.5. The predicted molar refractivity (Wildman–Crippen MR) is 110 cm³/mol. The molecule has 1 amide bonds. The lowest BCUT2D eigenvalue weighted by Gasteiger charge is -2.29. The fraction of sp³-hybridized carbons (Fsp3) is 0.435. The summed E-state index contributed by atoms with van der Waals surface area (Å²) >= 11 is 0. The molecule has 148 valence electrons. The number of benzene rings is 2. The van der Waals surface area contributed by atoms with Crippen LogP contribution in [0.4, 0.5) is 5.69 Å². The number of rotatable bonds is 7. The van der Waals surface area contributed by atoms with E-state index in [4.69, 9.17) is 9.47 Å². The lowest BCUT2D eigenvalue weighted by molar-refractivity contribution is -0.116. The number of fused-ring (bicyclic) bond motifs is 2. The van der Waals surface area contributed by atoms with Crippen molar-refractivity contribution in [3.8, 4) is 11.5 Å². The number of nitrogens with zero attached hydrogens (tertiary/aromatic N) is 1. The second kappa shape index (κ2) is 8.65. The summed E-state index contributed by atoms with van der Waals surface area (Å²) < 4.78 is 11.2. The Morgan fingerprint density at radius 1 is 0.964 bits per heavy atom. The van der Waals surface area contributed by atoms with Gasteiger partial charge in [0.25, 0.3) is 0 Å². The third kappa shape index (κ3) is 4.47. The molecule has 5 nitrogen and oxygen atoms in total. The number of nitrogens with one attached hydrogen (secondary N) is 1. The number of amides is 1. The van der Waals surface area contributed by atoms with Gasteiger partial charge in [-0.05, 0) is 67.1 Å². The van der Waals surface area contributed by atoms with Crippen LogP contribution in [0.5, 0.6) is 11.5 Å². The van der Waals surface area contributed by atoms with Crippen molar-refractivity contribution >= 4 is 11.6 Å². The van der Waals surface area contributed by atoms with Crippen LogP contribution in [0.2, 0.25) is 0 Å². The van der Waals surface area contributed by atoms with Gasteiger partial charge in [0.15, 0.2) is 0 Å². The lowest BCUT2D eigenvalue weighted by Crippen LogP contribution is -2.31. The molecule has 0 aromatic heterocycles. The van der Waals surface area contributed by atoms with E-state index in [0.29, 0.717) is 13.0 Å². The number of unbranched alkanes of at least 4 members (excludes halogenated alkanes) is 1. The Hall–Kier alpha value is -2.53. The van der Waals surface area contributed by atoms with Crippen LogP contribution in [0.25, 0.3) is 0 Å². The van der Waals surface area contributed by atoms with Gasteiger partial charge in [-0.1, -0.05) is 12.1 Å². The van der Waals surface area contributed by atoms with Crippen molar-refractivity contribution in [3.05, 3.63) is 53.1 Å². The Balaban J connectivity index is 1.19. The fourth-order valence-corrected chi connectivity index (χ4v) is 3.97. The van der Waals surface area contributed by atoms with Crippen molar-refractivity contribution in [2.24, 2.45) is 0 Å². The van der Waals surface area contributed by atoms with Gasteiger partial charge in [0.1, 0.15) is 11.5 Å². The highest BCUT2D eigenvalue weighted by Crippen LogP contribution is 2.27. The minimum atomic E-state index is 0.0891. The number of methoxy groups -OCH3 is 1. The monoisotopic (exact) mass is 380 g/mol. The Labute approximate surface area is 166 Å². The molecule has 0 unspecified atom stereocenters. The summed E-state index contributed by atoms with van der Waals surface area (Å²) in [6.07, 6.45) is 4.61. The molecule has 0 saturated carbocycles. The van der Waals surface area contributed by atoms with Gasteiger partial charge in [-0.2, -0.15) is 0 Å². The van der Waals surface area contributed by atoms with E-state index in [0.717, 1.165) is 62.5 Å². The first kappa shape index (κ1) is 18.8. The van der Waals surface area contributed by atoms with E-state index in [1.165, 1.54) is 16.7 Å². The number of hydrogen-bond donors (Lipinski definition) is 1. The Morgan fingerprint density at radius 3 is 2.71 bits per heavy atom. The molecule has 2 aromatic rings. The topological polar surface area (TPSA) is 50.8 Å². The van der Waals surface area contributed by atoms with Crippen LogP contribution >= 0.6 is 0 Å². The van der Waals surface area contributed by atoms with Crippen LogP contribution in [0.1, 0.15) is 36.0 Å². The van der Waals surface area contributed by atoms with Gasteiger partial charge in [0, 0.05) is 31.3 Å². The minimum absolute atomic E-state index is 0.0891. The van der Waals surface area contributed by atoms with E-state index in [1.807, 2.05) is 12.1 Å². The van der Waals surface area contributed by atoms with Crippen LogP contribution < -0.4 is 14.8 Å². The van der Waals surface area contributed by atoms with E-state index in [1.54, 1.807) is 7.11 Å². The lowest BCUT2D eigenvalue weighted by atomic mass is 9.99. The molecule has 2 aliphatic heterocycles. The average molecular weight is 380 g/mol. The van der Waals surface area contributed by atoms with Gasteiger partial charge in [-0.3, -0.25) is 9.69 Å². The molecule has 2 aromatic carbocycles. The molecule has 0 radical (unpaired) electrons. The maximum Gasteiger partial charge on any atom is 0.224 e. The Kier molecular flexibility index (Phi) is 5.81. The summed E-state index contributed by atoms with van der Waals surface area (Å²) in [5.41, 5.74) is 4.92. The van der Waals surface area contributed by atoms with Crippen molar-refractivity contribution in [2.45, 2.75) is 38.6 Å². The van der Waals surface area contributed by atoms with Crippen LogP contribution in [-0.4, -0.2) is 37.6 Å². The first-order valence-electron chi connectivity index (χ1n) is 10.1. The summed E-state index contributed by atoms with van der Waals surface area (Å²) in [4.78, 5) is 14.0. The number of carbonyl (C=O) groups excluding carboxylic acids is 1. The van der Waals surface area contributed by atoms with Gasteiger partial charge in [0.2, 0.25) is 5.91 Å². The molecule has 28 heavy (non-hydrogen) atoms. The number of carbonyl (C=O) groups is 1. The van der Waals surface area contributed by atoms with Gasteiger partial charge in [-0.25, -0.2) is 0 Å². The van der Waals surface area contributed by atoms with Gasteiger partial charge in [-0.15, -0.1) is 0 Å². The van der Waals surface area contributed by atoms with Crippen molar-refractivity contribution in [1.29, 1.82) is 0 Å². The van der Waals surface area contributed by atoms with E-state index in [-0.39, 0.29) is 5.91 Å². The Bertz CT molecular complexity index is 850. The minimum Gasteiger partial charge on any atom is -0.497 e. The molecule has 5 heteroatoms. The quantitative estimate of drug-likeness (QED) is 0.743. The summed E-state index contributed by atoms with van der Waals surface area (Å²) in [7, 11) is 1.72. The molecule has 0 spiro atoms. The molecule has 0 saturated heterocycles. The van der Waals surface area contributed by atoms with Crippen molar-refractivity contribution in [1.82, 2.24) is 4.90 Å². The van der Waals surface area contributed by atoms with Gasteiger partial charge >= 0.3 is 0 Å². The standard InChI is InChI=1S/C23H28N2O3/c1-27-20-7-5-19-16-25(12-10-18(19)14-20)11-2-3-13-28-21-8-4-17-6-9-23(26)24-22(17)15-21/h4-5,7-8,14-15H,2-3,6,9-13,16H2,1H3,(H,24,26). The maximum absolute atomic E-state index is 11.5. The Morgan fingerprint density at radius 2 is 1.82 bits per heavy atom. The normalized spacial score (nSPS) is 16.1. The van der Waals surface area contributed by atoms with Gasteiger partial charge < -0.3 is 14.8 Å². The molecular weight excluding hydrogens is 352 g/mol. The van der Waals surface area contributed by atoms with Crippen molar-refractivity contribution in [2.75, 3.05) is 32.1 Å². The first-order valence-corrected chi connectivity index (χ1v) is 10.1. The largest absolute Gasteiger partial charge is 0.497 e. The van der Waals surface area contributed by atoms with Crippen LogP contribution in [0, 0.1) is 0 Å². The molecule has 2 aliphatic rings. The second-order valence-corrected chi connectivity index (χ2v) is 7.58. The SMILES string of the molecule is COc1ccc2c(c1)CCN(CCCCOc1ccc3c(c1)NC(=O)CC3)C2. The second-order valence-electron chi connectivity index (χ2n) is 7.58. The first-order chi connectivity index (χ1) is 13.7. The zero-order valence-electron chi connectivity index (χ0n) is 16.5. The molecule has 0 fully saturated rings.